The predicted molar refractivity (Wildman–Crippen MR) is 70.6 cm³/mol. The van der Waals surface area contributed by atoms with Gasteiger partial charge in [0.05, 0.1) is 0 Å². The molecule has 0 heterocycles. The first-order valence-electron chi connectivity index (χ1n) is 5.88. The maximum Gasteiger partial charge on any atom is 0.403 e. The SMILES string of the molecule is CCCC(C)(COC(=O)Cl)c1ccccc1C. The summed E-state index contributed by atoms with van der Waals surface area (Å²) in [6.45, 7) is 6.64. The fourth-order valence-electron chi connectivity index (χ4n) is 2.30. The van der Waals surface area contributed by atoms with Crippen molar-refractivity contribution in [3.63, 3.8) is 0 Å². The van der Waals surface area contributed by atoms with Crippen molar-refractivity contribution in [2.45, 2.75) is 39.0 Å². The van der Waals surface area contributed by atoms with E-state index < -0.39 is 5.43 Å². The molecule has 0 aliphatic heterocycles. The van der Waals surface area contributed by atoms with Crippen LogP contribution in [0, 0.1) is 6.92 Å². The Morgan fingerprint density at radius 3 is 2.59 bits per heavy atom. The lowest BCUT2D eigenvalue weighted by atomic mass is 9.77. The van der Waals surface area contributed by atoms with Gasteiger partial charge >= 0.3 is 5.43 Å². The molecule has 0 saturated carbocycles. The van der Waals surface area contributed by atoms with E-state index in [-0.39, 0.29) is 5.41 Å². The summed E-state index contributed by atoms with van der Waals surface area (Å²) in [6.07, 6.45) is 1.99. The molecule has 0 aliphatic carbocycles. The van der Waals surface area contributed by atoms with E-state index in [0.29, 0.717) is 6.61 Å². The number of carbonyl (C=O) groups excluding carboxylic acids is 1. The highest BCUT2D eigenvalue weighted by atomic mass is 35.5. The largest absolute Gasteiger partial charge is 0.453 e. The second kappa shape index (κ2) is 6.06. The van der Waals surface area contributed by atoms with Crippen LogP contribution < -0.4 is 0 Å². The summed E-state index contributed by atoms with van der Waals surface area (Å²) < 4.78 is 5.00. The third-order valence-corrected chi connectivity index (χ3v) is 3.21. The van der Waals surface area contributed by atoms with Crippen LogP contribution in [0.1, 0.15) is 37.8 Å². The Morgan fingerprint density at radius 1 is 1.41 bits per heavy atom. The van der Waals surface area contributed by atoms with E-state index in [1.165, 1.54) is 11.1 Å². The molecule has 94 valence electrons. The molecule has 0 N–H and O–H groups in total. The highest BCUT2D eigenvalue weighted by molar-refractivity contribution is 6.61. The van der Waals surface area contributed by atoms with Crippen LogP contribution in [0.3, 0.4) is 0 Å². The smallest absolute Gasteiger partial charge is 0.403 e. The molecule has 0 radical (unpaired) electrons. The first-order valence-corrected chi connectivity index (χ1v) is 6.26. The van der Waals surface area contributed by atoms with Crippen LogP contribution in [0.4, 0.5) is 4.79 Å². The lowest BCUT2D eigenvalue weighted by Gasteiger charge is -2.30. The predicted octanol–water partition coefficient (Wildman–Crippen LogP) is 4.43. The molecule has 1 aromatic carbocycles. The molecule has 0 aliphatic rings. The fraction of sp³-hybridized carbons (Fsp3) is 0.500. The summed E-state index contributed by atoms with van der Waals surface area (Å²) in [5.74, 6) is 0. The topological polar surface area (TPSA) is 26.3 Å². The van der Waals surface area contributed by atoms with Crippen molar-refractivity contribution in [2.75, 3.05) is 6.61 Å². The van der Waals surface area contributed by atoms with E-state index >= 15 is 0 Å². The van der Waals surface area contributed by atoms with Gasteiger partial charge in [-0.3, -0.25) is 0 Å². The van der Waals surface area contributed by atoms with E-state index in [2.05, 4.69) is 32.9 Å². The number of aryl methyl sites for hydroxylation is 1. The second-order valence-electron chi connectivity index (χ2n) is 4.65. The normalized spacial score (nSPS) is 14.1. The van der Waals surface area contributed by atoms with Crippen molar-refractivity contribution in [1.82, 2.24) is 0 Å². The molecule has 17 heavy (non-hydrogen) atoms. The standard InChI is InChI=1S/C14H19ClO2/c1-4-9-14(3,10-17-13(15)16)12-8-6-5-7-11(12)2/h5-8H,4,9-10H2,1-3H3. The Labute approximate surface area is 108 Å². The van der Waals surface area contributed by atoms with Crippen molar-refractivity contribution in [1.29, 1.82) is 0 Å². The molecule has 0 fully saturated rings. The molecule has 0 aromatic heterocycles. The fourth-order valence-corrected chi connectivity index (χ4v) is 2.36. The van der Waals surface area contributed by atoms with Crippen LogP contribution in [-0.4, -0.2) is 12.0 Å². The minimum Gasteiger partial charge on any atom is -0.453 e. The quantitative estimate of drug-likeness (QED) is 0.727. The van der Waals surface area contributed by atoms with Gasteiger partial charge in [0, 0.05) is 17.0 Å². The number of carbonyl (C=O) groups is 1. The number of halogens is 1. The maximum absolute atomic E-state index is 10.8. The Balaban J connectivity index is 2.98. The molecule has 0 saturated heterocycles. The Morgan fingerprint density at radius 2 is 2.06 bits per heavy atom. The number of rotatable bonds is 5. The number of ether oxygens (including phenoxy) is 1. The molecule has 1 aromatic rings. The minimum atomic E-state index is -0.735. The zero-order chi connectivity index (χ0) is 12.9. The summed E-state index contributed by atoms with van der Waals surface area (Å²) in [5, 5.41) is 0. The van der Waals surface area contributed by atoms with Gasteiger partial charge in [-0.2, -0.15) is 0 Å². The highest BCUT2D eigenvalue weighted by Gasteiger charge is 2.28. The van der Waals surface area contributed by atoms with Gasteiger partial charge in [-0.05, 0) is 24.5 Å². The lowest BCUT2D eigenvalue weighted by molar-refractivity contribution is 0.138. The van der Waals surface area contributed by atoms with E-state index in [4.69, 9.17) is 16.3 Å². The Kier molecular flexibility index (Phi) is 5.01. The van der Waals surface area contributed by atoms with Crippen molar-refractivity contribution in [3.05, 3.63) is 35.4 Å². The van der Waals surface area contributed by atoms with Gasteiger partial charge in [0.25, 0.3) is 0 Å². The highest BCUT2D eigenvalue weighted by Crippen LogP contribution is 2.31. The van der Waals surface area contributed by atoms with Crippen LogP contribution in [0.25, 0.3) is 0 Å². The third-order valence-electron chi connectivity index (χ3n) is 3.10. The monoisotopic (exact) mass is 254 g/mol. The summed E-state index contributed by atoms with van der Waals surface area (Å²) in [7, 11) is 0. The first kappa shape index (κ1) is 14.0. The molecule has 0 amide bonds. The van der Waals surface area contributed by atoms with E-state index in [0.717, 1.165) is 12.8 Å². The molecule has 1 atom stereocenters. The Bertz CT molecular complexity index is 390. The van der Waals surface area contributed by atoms with E-state index in [1.54, 1.807) is 0 Å². The molecular weight excluding hydrogens is 236 g/mol. The maximum atomic E-state index is 10.8. The van der Waals surface area contributed by atoms with Gasteiger partial charge in [0.2, 0.25) is 0 Å². The van der Waals surface area contributed by atoms with Crippen LogP contribution in [0.15, 0.2) is 24.3 Å². The van der Waals surface area contributed by atoms with Crippen LogP contribution >= 0.6 is 11.6 Å². The Hall–Kier alpha value is -1.02. The summed E-state index contributed by atoms with van der Waals surface area (Å²) in [6, 6.07) is 8.19. The van der Waals surface area contributed by atoms with Crippen molar-refractivity contribution in [2.24, 2.45) is 0 Å². The second-order valence-corrected chi connectivity index (χ2v) is 4.96. The average molecular weight is 255 g/mol. The summed E-state index contributed by atoms with van der Waals surface area (Å²) in [4.78, 5) is 10.8. The third kappa shape index (κ3) is 3.74. The van der Waals surface area contributed by atoms with Crippen LogP contribution in [0.2, 0.25) is 0 Å². The number of hydrogen-bond acceptors (Lipinski definition) is 2. The van der Waals surface area contributed by atoms with Crippen LogP contribution in [0.5, 0.6) is 0 Å². The van der Waals surface area contributed by atoms with Gasteiger partial charge in [-0.15, -0.1) is 0 Å². The first-order chi connectivity index (χ1) is 7.99. The van der Waals surface area contributed by atoms with Crippen molar-refractivity contribution < 1.29 is 9.53 Å². The van der Waals surface area contributed by atoms with Gasteiger partial charge < -0.3 is 4.74 Å². The summed E-state index contributed by atoms with van der Waals surface area (Å²) >= 11 is 5.25. The molecule has 3 heteroatoms. The number of benzene rings is 1. The summed E-state index contributed by atoms with van der Waals surface area (Å²) in [5.41, 5.74) is 1.54. The molecule has 1 unspecified atom stereocenters. The number of hydrogen-bond donors (Lipinski definition) is 0. The van der Waals surface area contributed by atoms with Gasteiger partial charge in [-0.25, -0.2) is 4.79 Å². The van der Waals surface area contributed by atoms with Crippen molar-refractivity contribution in [3.8, 4) is 0 Å². The minimum absolute atomic E-state index is 0.162. The molecule has 0 spiro atoms. The molecular formula is C14H19ClO2. The average Bonchev–Trinajstić information content (AvgIpc) is 2.27. The van der Waals surface area contributed by atoms with E-state index in [9.17, 15) is 4.79 Å². The zero-order valence-electron chi connectivity index (χ0n) is 10.6. The molecule has 2 nitrogen and oxygen atoms in total. The zero-order valence-corrected chi connectivity index (χ0v) is 11.4. The van der Waals surface area contributed by atoms with Gasteiger partial charge in [-0.1, -0.05) is 44.5 Å². The lowest BCUT2D eigenvalue weighted by Crippen LogP contribution is -2.29. The van der Waals surface area contributed by atoms with Gasteiger partial charge in [0.15, 0.2) is 0 Å². The molecule has 0 bridgehead atoms. The van der Waals surface area contributed by atoms with E-state index in [1.807, 2.05) is 12.1 Å². The van der Waals surface area contributed by atoms with Gasteiger partial charge in [0.1, 0.15) is 6.61 Å². The molecule has 1 rings (SSSR count). The van der Waals surface area contributed by atoms with Crippen molar-refractivity contribution >= 4 is 17.0 Å². The van der Waals surface area contributed by atoms with Crippen LogP contribution in [-0.2, 0) is 10.2 Å².